The van der Waals surface area contributed by atoms with Gasteiger partial charge in [-0.25, -0.2) is 4.98 Å². The number of hydrogen-bond donors (Lipinski definition) is 3. The smallest absolute Gasteiger partial charge is 0.124 e. The van der Waals surface area contributed by atoms with Crippen LogP contribution in [0.1, 0.15) is 18.2 Å². The van der Waals surface area contributed by atoms with E-state index in [9.17, 15) is 5.11 Å². The number of nitrogens with one attached hydrogen (secondary N) is 2. The van der Waals surface area contributed by atoms with Gasteiger partial charge in [0.1, 0.15) is 5.75 Å². The highest BCUT2D eigenvalue weighted by molar-refractivity contribution is 5.51. The number of aromatic amines is 1. The van der Waals surface area contributed by atoms with Crippen LogP contribution in [0.3, 0.4) is 0 Å². The Kier molecular flexibility index (Phi) is 4.20. The molecule has 0 aliphatic rings. The summed E-state index contributed by atoms with van der Waals surface area (Å²) < 4.78 is 5.43. The monoisotopic (exact) mass is 247 g/mol. The van der Waals surface area contributed by atoms with Gasteiger partial charge in [0.25, 0.3) is 0 Å². The van der Waals surface area contributed by atoms with Crippen molar-refractivity contribution in [1.82, 2.24) is 9.97 Å². The highest BCUT2D eigenvalue weighted by Gasteiger charge is 2.04. The quantitative estimate of drug-likeness (QED) is 0.729. The zero-order chi connectivity index (χ0) is 12.8. The van der Waals surface area contributed by atoms with Crippen LogP contribution in [0.25, 0.3) is 0 Å². The summed E-state index contributed by atoms with van der Waals surface area (Å²) in [6, 6.07) is 5.69. The Morgan fingerprint density at radius 1 is 1.44 bits per heavy atom. The zero-order valence-electron chi connectivity index (χ0n) is 10.3. The molecule has 18 heavy (non-hydrogen) atoms. The number of aromatic nitrogens is 2. The second-order valence-corrected chi connectivity index (χ2v) is 3.84. The molecule has 5 nitrogen and oxygen atoms in total. The minimum Gasteiger partial charge on any atom is -0.494 e. The molecule has 96 valence electrons. The van der Waals surface area contributed by atoms with Crippen LogP contribution in [0, 0.1) is 0 Å². The van der Waals surface area contributed by atoms with E-state index in [2.05, 4.69) is 15.3 Å². The number of aliphatic hydroxyl groups is 1. The van der Waals surface area contributed by atoms with Crippen LogP contribution >= 0.6 is 0 Å². The molecule has 1 aromatic carbocycles. The van der Waals surface area contributed by atoms with Crippen molar-refractivity contribution in [2.45, 2.75) is 20.1 Å². The molecule has 0 bridgehead atoms. The van der Waals surface area contributed by atoms with Crippen molar-refractivity contribution in [2.75, 3.05) is 11.9 Å². The van der Waals surface area contributed by atoms with Crippen molar-refractivity contribution in [3.63, 3.8) is 0 Å². The van der Waals surface area contributed by atoms with E-state index in [1.54, 1.807) is 12.5 Å². The van der Waals surface area contributed by atoms with E-state index in [0.717, 1.165) is 22.7 Å². The Labute approximate surface area is 106 Å². The fraction of sp³-hybridized carbons (Fsp3) is 0.308. The molecule has 0 spiro atoms. The van der Waals surface area contributed by atoms with Crippen LogP contribution in [0.15, 0.2) is 30.7 Å². The van der Waals surface area contributed by atoms with Crippen molar-refractivity contribution in [3.05, 3.63) is 42.0 Å². The van der Waals surface area contributed by atoms with Crippen LogP contribution in [0.4, 0.5) is 5.69 Å². The first-order valence-electron chi connectivity index (χ1n) is 5.91. The zero-order valence-corrected chi connectivity index (χ0v) is 10.3. The molecule has 2 rings (SSSR count). The number of imidazole rings is 1. The van der Waals surface area contributed by atoms with E-state index in [4.69, 9.17) is 4.74 Å². The average Bonchev–Trinajstić information content (AvgIpc) is 2.91. The molecule has 0 fully saturated rings. The van der Waals surface area contributed by atoms with E-state index >= 15 is 0 Å². The van der Waals surface area contributed by atoms with Gasteiger partial charge in [-0.2, -0.15) is 0 Å². The Balaban J connectivity index is 2.05. The van der Waals surface area contributed by atoms with Crippen LogP contribution < -0.4 is 10.1 Å². The third kappa shape index (κ3) is 3.01. The summed E-state index contributed by atoms with van der Waals surface area (Å²) >= 11 is 0. The molecule has 1 heterocycles. The maximum absolute atomic E-state index is 9.30. The minimum absolute atomic E-state index is 0.0328. The number of aliphatic hydroxyl groups excluding tert-OH is 1. The summed E-state index contributed by atoms with van der Waals surface area (Å²) in [5.41, 5.74) is 2.73. The second kappa shape index (κ2) is 6.07. The van der Waals surface area contributed by atoms with Crippen molar-refractivity contribution in [2.24, 2.45) is 0 Å². The summed E-state index contributed by atoms with van der Waals surface area (Å²) in [6.07, 6.45) is 3.42. The maximum Gasteiger partial charge on any atom is 0.124 e. The van der Waals surface area contributed by atoms with Gasteiger partial charge in [-0.3, -0.25) is 0 Å². The lowest BCUT2D eigenvalue weighted by Gasteiger charge is -2.11. The lowest BCUT2D eigenvalue weighted by atomic mass is 10.2. The van der Waals surface area contributed by atoms with Gasteiger partial charge < -0.3 is 20.1 Å². The van der Waals surface area contributed by atoms with E-state index in [0.29, 0.717) is 13.2 Å². The first-order valence-corrected chi connectivity index (χ1v) is 5.91. The third-order valence-corrected chi connectivity index (χ3v) is 2.57. The standard InChI is InChI=1S/C13H17N3O2/c1-2-18-13-4-3-11(5-10(13)8-17)15-7-12-6-14-9-16-12/h3-6,9,15,17H,2,7-8H2,1H3,(H,14,16). The first kappa shape index (κ1) is 12.4. The molecule has 5 heteroatoms. The topological polar surface area (TPSA) is 70.2 Å². The fourth-order valence-corrected chi connectivity index (χ4v) is 1.69. The number of rotatable bonds is 6. The molecular weight excluding hydrogens is 230 g/mol. The number of H-pyrrole nitrogens is 1. The molecule has 1 aromatic heterocycles. The summed E-state index contributed by atoms with van der Waals surface area (Å²) in [5.74, 6) is 0.729. The maximum atomic E-state index is 9.30. The van der Waals surface area contributed by atoms with Gasteiger partial charge in [0.15, 0.2) is 0 Å². The molecule has 0 aliphatic heterocycles. The normalized spacial score (nSPS) is 10.3. The van der Waals surface area contributed by atoms with Gasteiger partial charge in [-0.15, -0.1) is 0 Å². The largest absolute Gasteiger partial charge is 0.494 e. The minimum atomic E-state index is -0.0328. The second-order valence-electron chi connectivity index (χ2n) is 3.84. The average molecular weight is 247 g/mol. The number of ether oxygens (including phenoxy) is 1. The molecule has 3 N–H and O–H groups in total. The van der Waals surface area contributed by atoms with Crippen LogP contribution in [-0.4, -0.2) is 21.7 Å². The fourth-order valence-electron chi connectivity index (χ4n) is 1.69. The number of benzene rings is 1. The van der Waals surface area contributed by atoms with Gasteiger partial charge in [-0.05, 0) is 25.1 Å². The molecule has 0 unspecified atom stereocenters. The SMILES string of the molecule is CCOc1ccc(NCc2cnc[nH]2)cc1CO. The van der Waals surface area contributed by atoms with Gasteiger partial charge in [-0.1, -0.05) is 0 Å². The molecule has 0 amide bonds. The van der Waals surface area contributed by atoms with Gasteiger partial charge in [0.05, 0.1) is 31.8 Å². The molecule has 0 aliphatic carbocycles. The van der Waals surface area contributed by atoms with Crippen molar-refractivity contribution in [3.8, 4) is 5.75 Å². The highest BCUT2D eigenvalue weighted by Crippen LogP contribution is 2.23. The van der Waals surface area contributed by atoms with E-state index in [1.807, 2.05) is 25.1 Å². The third-order valence-electron chi connectivity index (χ3n) is 2.57. The number of anilines is 1. The number of nitrogens with zero attached hydrogens (tertiary/aromatic N) is 1. The molecule has 0 atom stereocenters. The Bertz CT molecular complexity index is 483. The predicted octanol–water partition coefficient (Wildman–Crippen LogP) is 1.91. The lowest BCUT2D eigenvalue weighted by Crippen LogP contribution is -2.02. The van der Waals surface area contributed by atoms with Crippen LogP contribution in [-0.2, 0) is 13.2 Å². The Morgan fingerprint density at radius 3 is 3.00 bits per heavy atom. The van der Waals surface area contributed by atoms with Crippen molar-refractivity contribution >= 4 is 5.69 Å². The van der Waals surface area contributed by atoms with Crippen LogP contribution in [0.5, 0.6) is 5.75 Å². The van der Waals surface area contributed by atoms with E-state index in [-0.39, 0.29) is 6.61 Å². The first-order chi connectivity index (χ1) is 8.83. The van der Waals surface area contributed by atoms with E-state index < -0.39 is 0 Å². The van der Waals surface area contributed by atoms with Crippen LogP contribution in [0.2, 0.25) is 0 Å². The molecule has 2 aromatic rings. The summed E-state index contributed by atoms with van der Waals surface area (Å²) in [4.78, 5) is 6.97. The number of hydrogen-bond acceptors (Lipinski definition) is 4. The predicted molar refractivity (Wildman–Crippen MR) is 69.4 cm³/mol. The summed E-state index contributed by atoms with van der Waals surface area (Å²) in [6.45, 7) is 3.15. The highest BCUT2D eigenvalue weighted by atomic mass is 16.5. The lowest BCUT2D eigenvalue weighted by molar-refractivity contribution is 0.267. The Hall–Kier alpha value is -2.01. The van der Waals surface area contributed by atoms with E-state index in [1.165, 1.54) is 0 Å². The Morgan fingerprint density at radius 2 is 2.33 bits per heavy atom. The van der Waals surface area contributed by atoms with Crippen molar-refractivity contribution in [1.29, 1.82) is 0 Å². The van der Waals surface area contributed by atoms with Gasteiger partial charge in [0, 0.05) is 17.4 Å². The summed E-state index contributed by atoms with van der Waals surface area (Å²) in [5, 5.41) is 12.6. The molecular formula is C13H17N3O2. The summed E-state index contributed by atoms with van der Waals surface area (Å²) in [7, 11) is 0. The molecule has 0 saturated carbocycles. The van der Waals surface area contributed by atoms with Gasteiger partial charge >= 0.3 is 0 Å². The van der Waals surface area contributed by atoms with Gasteiger partial charge in [0.2, 0.25) is 0 Å². The van der Waals surface area contributed by atoms with Crippen molar-refractivity contribution < 1.29 is 9.84 Å². The molecule has 0 saturated heterocycles. The molecule has 0 radical (unpaired) electrons.